The van der Waals surface area contributed by atoms with Crippen LogP contribution in [0.1, 0.15) is 185 Å². The molecule has 2 N–H and O–H groups in total. The number of ether oxygens (including phenoxy) is 2. The summed E-state index contributed by atoms with van der Waals surface area (Å²) in [7, 11) is -9.89. The van der Waals surface area contributed by atoms with E-state index in [9.17, 15) is 9.59 Å². The van der Waals surface area contributed by atoms with Gasteiger partial charge in [0.2, 0.25) is 0 Å². The average molecular weight is 1100 g/mol. The number of nitrogens with zero attached hydrogens (tertiary/aromatic N) is 2. The number of halogens is 2. The third-order valence-electron chi connectivity index (χ3n) is 15.0. The van der Waals surface area contributed by atoms with Gasteiger partial charge in [0.05, 0.1) is 25.2 Å². The van der Waals surface area contributed by atoms with Crippen molar-refractivity contribution in [1.29, 1.82) is 0 Å². The van der Waals surface area contributed by atoms with E-state index < -0.39 is 41.9 Å². The Morgan fingerprint density at radius 1 is 0.528 bits per heavy atom. The first-order chi connectivity index (χ1) is 33.2. The van der Waals surface area contributed by atoms with Gasteiger partial charge in [-0.05, 0) is 97.3 Å². The molecule has 0 unspecified atom stereocenters. The summed E-state index contributed by atoms with van der Waals surface area (Å²) < 4.78 is 76.8. The summed E-state index contributed by atoms with van der Waals surface area (Å²) in [5, 5.41) is 36.9. The fourth-order valence-corrected chi connectivity index (χ4v) is 11.8. The molecular weight excluding hydrogens is 1020 g/mol. The minimum atomic E-state index is -4.94. The van der Waals surface area contributed by atoms with Crippen molar-refractivity contribution in [3.8, 4) is 0 Å². The van der Waals surface area contributed by atoms with Crippen molar-refractivity contribution in [2.75, 3.05) is 50.2 Å². The second kappa shape index (κ2) is 28.9. The molecule has 8 atom stereocenters. The van der Waals surface area contributed by atoms with Crippen LogP contribution >= 0.6 is 0 Å². The van der Waals surface area contributed by atoms with E-state index in [1.807, 2.05) is 0 Å². The summed E-state index contributed by atoms with van der Waals surface area (Å²) in [6.45, 7) is 21.6. The van der Waals surface area contributed by atoms with Crippen LogP contribution in [0.25, 0.3) is 0 Å². The summed E-state index contributed by atoms with van der Waals surface area (Å²) in [5.74, 6) is 1.02. The molecule has 0 spiro atoms. The monoisotopic (exact) mass is 1100 g/mol. The van der Waals surface area contributed by atoms with E-state index in [1.54, 1.807) is 0 Å². The van der Waals surface area contributed by atoms with Crippen molar-refractivity contribution in [1.82, 2.24) is 0 Å². The largest absolute Gasteiger partial charge is 2.00 e. The molecule has 1 radical (unpaired) electrons. The van der Waals surface area contributed by atoms with Gasteiger partial charge in [0.25, 0.3) is 11.8 Å². The summed E-state index contributed by atoms with van der Waals surface area (Å²) >= 11 is 0. The molecule has 18 nitrogen and oxygen atoms in total. The number of nitrogens with one attached hydrogen (secondary N) is 2. The van der Waals surface area contributed by atoms with Crippen LogP contribution < -0.4 is 47.9 Å². The summed E-state index contributed by atoms with van der Waals surface area (Å²) in [5.41, 5.74) is 6.09. The van der Waals surface area contributed by atoms with Crippen LogP contribution in [0.5, 0.6) is 0 Å². The number of para-hydroxylation sites is 2. The van der Waals surface area contributed by atoms with Crippen molar-refractivity contribution in [2.24, 2.45) is 11.8 Å². The summed E-state index contributed by atoms with van der Waals surface area (Å²) in [6.07, 6.45) is 12.4. The van der Waals surface area contributed by atoms with E-state index in [-0.39, 0.29) is 89.3 Å². The van der Waals surface area contributed by atoms with Crippen LogP contribution in [0, 0.1) is 42.7 Å². The molecule has 0 aromatic heterocycles. The number of benzene rings is 2. The van der Waals surface area contributed by atoms with Crippen molar-refractivity contribution in [3.63, 3.8) is 0 Å². The van der Waals surface area contributed by atoms with E-state index >= 15 is 10.4 Å². The molecule has 2 aromatic carbocycles. The molecule has 2 amide bonds. The molecule has 411 valence electrons. The number of hydrogen-bond donors (Lipinski definition) is 2. The number of anilines is 2. The number of amides is 2. The first-order valence-corrected chi connectivity index (χ1v) is 28.1. The van der Waals surface area contributed by atoms with E-state index in [0.717, 1.165) is 98.6 Å². The number of likely N-dealkylation sites (tertiary alicyclic amines) is 2. The number of carbonyl (C=O) groups excluding carboxylic acids is 2. The van der Waals surface area contributed by atoms with Crippen molar-refractivity contribution in [3.05, 3.63) is 69.1 Å². The Hall–Kier alpha value is -2.09. The number of hydroxylamine groups is 6. The third-order valence-corrected chi connectivity index (χ3v) is 15.0. The topological polar surface area (TPSA) is 307 Å². The molecule has 6 aliphatic rings. The first kappa shape index (κ1) is 64.2. The second-order valence-corrected chi connectivity index (χ2v) is 22.7. The van der Waals surface area contributed by atoms with Crippen LogP contribution in [0.3, 0.4) is 0 Å². The molecule has 21 heteroatoms. The molecule has 4 heterocycles. The van der Waals surface area contributed by atoms with Gasteiger partial charge in [0.15, 0.2) is 12.1 Å². The number of hydrogen-bond acceptors (Lipinski definition) is 14. The Morgan fingerprint density at radius 3 is 1.04 bits per heavy atom. The van der Waals surface area contributed by atoms with Gasteiger partial charge in [-0.15, -0.1) is 20.5 Å². The molecule has 4 aliphatic heterocycles. The Morgan fingerprint density at radius 2 is 0.806 bits per heavy atom. The van der Waals surface area contributed by atoms with Gasteiger partial charge in [-0.3, -0.25) is 9.59 Å². The van der Waals surface area contributed by atoms with Gasteiger partial charge in [-0.1, -0.05) is 91.8 Å². The van der Waals surface area contributed by atoms with Crippen LogP contribution in [0.15, 0.2) is 36.4 Å². The number of carbonyl (C=O) groups is 2. The van der Waals surface area contributed by atoms with Crippen molar-refractivity contribution in [2.45, 2.75) is 187 Å². The molecular formula is C51H80Cl2CoN4O14. The fraction of sp³-hybridized carbons (Fsp3) is 0.725. The van der Waals surface area contributed by atoms with Crippen LogP contribution in [0.2, 0.25) is 0 Å². The van der Waals surface area contributed by atoms with Gasteiger partial charge in [-0.2, -0.15) is 0 Å². The van der Waals surface area contributed by atoms with E-state index in [0.29, 0.717) is 19.3 Å². The Balaban J connectivity index is 0.000000543. The Labute approximate surface area is 441 Å². The molecule has 8 rings (SSSR count). The SMILES string of the molecule is C1CCOC1.C1CCOC1.CC(C)c1cccc(C(C)C)c1NC(=O)[C@@H]1C[C@@H]2CCC[C@@H]2[N@@+]1([O-])CCC[N@@+]1([O-])[C@H](C(=O)Nc2c(C(C)C)cccc2C(C)C)C[C@@H]2CCC[C@@H]21.[Co+2].[O-][Cl+3]([O-])([O-])[O-].[O-][Cl+3]([O-])([O-])[O-]. The average Bonchev–Trinajstić information content (AvgIpc) is 4.13. The molecule has 2 saturated carbocycles. The van der Waals surface area contributed by atoms with Gasteiger partial charge < -0.3 is 39.8 Å². The summed E-state index contributed by atoms with van der Waals surface area (Å²) in [4.78, 5) is 28.5. The van der Waals surface area contributed by atoms with Crippen LogP contribution in [-0.2, 0) is 35.8 Å². The Kier molecular flexibility index (Phi) is 25.7. The Bertz CT molecular complexity index is 1770. The zero-order valence-electron chi connectivity index (χ0n) is 43.4. The van der Waals surface area contributed by atoms with Gasteiger partial charge in [0, 0.05) is 81.7 Å². The minimum Gasteiger partial charge on any atom is -0.632 e. The number of rotatable bonds is 12. The maximum atomic E-state index is 15.2. The maximum absolute atomic E-state index is 15.2. The minimum absolute atomic E-state index is 0. The standard InChI is InChI=1S/C43H64N4O4.2C4H8O.2ClHO4.Co/c1-26(2)32-16-11-17-33(27(3)4)40(32)44-42(48)38-24-30-14-9-20-36(30)46(38,50)22-13-23-47(51)37-21-10-15-31(37)25-39(47)43(49)45-41-34(28(5)6)18-12-19-35(41)29(7)8;2*1-2-4-5-3-1;2*2-1(3,4)5;/h11-12,16-19,26-31,36-39H,9-10,13-15,20-25H2,1-8H3,(H,44,48)(H,45,49);2*1-4H2;2*(H,2,3,4,5);/q;;;;;+2/p-2/t30-,31-,36-,37-,38-,39-,46-,47-;;;;;/m0...../s1. The predicted octanol–water partition coefficient (Wildman–Crippen LogP) is 1.74. The van der Waals surface area contributed by atoms with E-state index in [1.165, 1.54) is 25.7 Å². The number of fused-ring (bicyclic) bond motifs is 2. The smallest absolute Gasteiger partial charge is 0.632 e. The maximum Gasteiger partial charge on any atom is 2.00 e. The zero-order valence-corrected chi connectivity index (χ0v) is 45.9. The van der Waals surface area contributed by atoms with E-state index in [2.05, 4.69) is 102 Å². The predicted molar refractivity (Wildman–Crippen MR) is 247 cm³/mol. The van der Waals surface area contributed by atoms with Crippen LogP contribution in [-0.4, -0.2) is 84.8 Å². The fourth-order valence-electron chi connectivity index (χ4n) is 11.8. The zero-order chi connectivity index (χ0) is 52.9. The molecule has 6 fully saturated rings. The van der Waals surface area contributed by atoms with Gasteiger partial charge >= 0.3 is 16.8 Å². The molecule has 2 aromatic rings. The third kappa shape index (κ3) is 18.6. The quantitative estimate of drug-likeness (QED) is 0.226. The molecule has 0 bridgehead atoms. The van der Waals surface area contributed by atoms with Crippen LogP contribution in [0.4, 0.5) is 11.4 Å². The van der Waals surface area contributed by atoms with Crippen molar-refractivity contribution < 1.29 is 103 Å². The molecule has 2 aliphatic carbocycles. The molecule has 72 heavy (non-hydrogen) atoms. The van der Waals surface area contributed by atoms with Gasteiger partial charge in [0.1, 0.15) is 0 Å². The summed E-state index contributed by atoms with van der Waals surface area (Å²) in [6, 6.07) is 10.8. The number of quaternary nitrogens is 2. The second-order valence-electron chi connectivity index (χ2n) is 21.1. The van der Waals surface area contributed by atoms with Crippen molar-refractivity contribution >= 4 is 23.2 Å². The van der Waals surface area contributed by atoms with Gasteiger partial charge in [-0.25, -0.2) is 37.3 Å². The normalized spacial score (nSPS) is 27.4. The van der Waals surface area contributed by atoms with E-state index in [4.69, 9.17) is 46.7 Å². The molecule has 4 saturated heterocycles. The first-order valence-electron chi connectivity index (χ1n) is 25.6.